The number of aliphatic carboxylic acids is 1. The van der Waals surface area contributed by atoms with Gasteiger partial charge in [-0.3, -0.25) is 14.4 Å². The zero-order valence-corrected chi connectivity index (χ0v) is 25.4. The quantitative estimate of drug-likeness (QED) is 0.192. The predicted octanol–water partition coefficient (Wildman–Crippen LogP) is 6.25. The number of rotatable bonds is 10. The number of nitrogens with zero attached hydrogens (tertiary/aromatic N) is 2. The van der Waals surface area contributed by atoms with Gasteiger partial charge in [0.2, 0.25) is 0 Å². The maximum absolute atomic E-state index is 12.9. The van der Waals surface area contributed by atoms with Crippen molar-refractivity contribution in [1.29, 1.82) is 0 Å². The third kappa shape index (κ3) is 8.17. The van der Waals surface area contributed by atoms with E-state index < -0.39 is 17.8 Å². The lowest BCUT2D eigenvalue weighted by Crippen LogP contribution is -2.48. The Kier molecular flexibility index (Phi) is 10.5. The Morgan fingerprint density at radius 3 is 2.44 bits per heavy atom. The van der Waals surface area contributed by atoms with Gasteiger partial charge in [0.15, 0.2) is 6.61 Å². The minimum Gasteiger partial charge on any atom is -0.481 e. The highest BCUT2D eigenvalue weighted by molar-refractivity contribution is 9.11. The summed E-state index contributed by atoms with van der Waals surface area (Å²) in [6.45, 7) is 2.16. The van der Waals surface area contributed by atoms with Crippen LogP contribution >= 0.6 is 31.9 Å². The first-order valence-electron chi connectivity index (χ1n) is 13.1. The summed E-state index contributed by atoms with van der Waals surface area (Å²) in [6, 6.07) is 19.5. The SMILES string of the molecule is CCC1CC(C(=O)O)CCN1C(=O)COc1c(Br)cc(C=NNC(=O)c2cccc(Oc3ccccc3)c2)cc1Br. The molecule has 3 aromatic carbocycles. The van der Waals surface area contributed by atoms with Crippen molar-refractivity contribution in [2.45, 2.75) is 32.2 Å². The van der Waals surface area contributed by atoms with Crippen LogP contribution in [0.1, 0.15) is 42.1 Å². The van der Waals surface area contributed by atoms with Crippen LogP contribution < -0.4 is 14.9 Å². The van der Waals surface area contributed by atoms with Gasteiger partial charge >= 0.3 is 5.97 Å². The number of amides is 2. The first-order valence-corrected chi connectivity index (χ1v) is 14.6. The third-order valence-electron chi connectivity index (χ3n) is 6.67. The van der Waals surface area contributed by atoms with Gasteiger partial charge in [-0.15, -0.1) is 0 Å². The zero-order valence-electron chi connectivity index (χ0n) is 22.3. The second-order valence-electron chi connectivity index (χ2n) is 9.45. The number of carboxylic acid groups (broad SMARTS) is 1. The van der Waals surface area contributed by atoms with E-state index in [1.54, 1.807) is 41.3 Å². The number of carboxylic acids is 1. The van der Waals surface area contributed by atoms with Crippen molar-refractivity contribution in [3.8, 4) is 17.2 Å². The molecule has 9 nitrogen and oxygen atoms in total. The molecule has 1 heterocycles. The van der Waals surface area contributed by atoms with E-state index in [1.165, 1.54) is 6.21 Å². The second-order valence-corrected chi connectivity index (χ2v) is 11.2. The highest BCUT2D eigenvalue weighted by Crippen LogP contribution is 2.35. The number of hydrogen-bond acceptors (Lipinski definition) is 6. The van der Waals surface area contributed by atoms with Gasteiger partial charge in [-0.1, -0.05) is 31.2 Å². The maximum atomic E-state index is 12.9. The normalized spacial score (nSPS) is 16.8. The molecule has 11 heteroatoms. The van der Waals surface area contributed by atoms with E-state index in [1.807, 2.05) is 37.3 Å². The van der Waals surface area contributed by atoms with Crippen molar-refractivity contribution >= 4 is 55.9 Å². The molecule has 2 amide bonds. The molecule has 1 saturated heterocycles. The van der Waals surface area contributed by atoms with Crippen LogP contribution in [0.4, 0.5) is 0 Å². The van der Waals surface area contributed by atoms with Crippen molar-refractivity contribution in [3.05, 3.63) is 86.8 Å². The molecule has 3 aromatic rings. The van der Waals surface area contributed by atoms with Gasteiger partial charge in [0.05, 0.1) is 21.1 Å². The van der Waals surface area contributed by atoms with E-state index in [0.29, 0.717) is 63.1 Å². The fraction of sp³-hybridized carbons (Fsp3) is 0.267. The van der Waals surface area contributed by atoms with Crippen LogP contribution in [0, 0.1) is 5.92 Å². The first-order chi connectivity index (χ1) is 19.7. The molecule has 2 unspecified atom stereocenters. The molecule has 0 aromatic heterocycles. The lowest BCUT2D eigenvalue weighted by atomic mass is 9.89. The summed E-state index contributed by atoms with van der Waals surface area (Å²) in [4.78, 5) is 38.6. The molecule has 0 radical (unpaired) electrons. The molecule has 1 aliphatic heterocycles. The Balaban J connectivity index is 1.33. The van der Waals surface area contributed by atoms with Crippen LogP contribution in [0.15, 0.2) is 80.8 Å². The zero-order chi connectivity index (χ0) is 29.4. The van der Waals surface area contributed by atoms with E-state index in [-0.39, 0.29) is 18.6 Å². The molecule has 2 atom stereocenters. The standard InChI is InChI=1S/C30H29Br2N3O6/c1-2-22-15-21(30(38)39)11-12-35(22)27(36)18-40-28-25(31)13-19(14-26(28)32)17-33-34-29(37)20-7-6-10-24(16-20)41-23-8-4-3-5-9-23/h3-10,13-14,16-17,21-22H,2,11-12,15,18H2,1H3,(H,34,37)(H,38,39). The number of piperidine rings is 1. The number of hydrogen-bond donors (Lipinski definition) is 2. The van der Waals surface area contributed by atoms with E-state index in [0.717, 1.165) is 0 Å². The van der Waals surface area contributed by atoms with Crippen LogP contribution in [-0.4, -0.2) is 53.2 Å². The number of nitrogens with one attached hydrogen (secondary N) is 1. The molecule has 0 bridgehead atoms. The van der Waals surface area contributed by atoms with Crippen molar-refractivity contribution < 1.29 is 29.0 Å². The fourth-order valence-electron chi connectivity index (χ4n) is 4.55. The van der Waals surface area contributed by atoms with Crippen molar-refractivity contribution in [2.75, 3.05) is 13.2 Å². The van der Waals surface area contributed by atoms with Crippen LogP contribution in [0.5, 0.6) is 17.2 Å². The monoisotopic (exact) mass is 685 g/mol. The summed E-state index contributed by atoms with van der Waals surface area (Å²) < 4.78 is 12.8. The molecular formula is C30H29Br2N3O6. The summed E-state index contributed by atoms with van der Waals surface area (Å²) in [6.07, 6.45) is 3.05. The molecule has 1 aliphatic rings. The van der Waals surface area contributed by atoms with Gasteiger partial charge in [0.25, 0.3) is 11.8 Å². The third-order valence-corrected chi connectivity index (χ3v) is 7.85. The molecule has 0 aliphatic carbocycles. The number of carbonyl (C=O) groups excluding carboxylic acids is 2. The number of ether oxygens (including phenoxy) is 2. The number of carbonyl (C=O) groups is 3. The Bertz CT molecular complexity index is 1410. The van der Waals surface area contributed by atoms with E-state index in [9.17, 15) is 19.5 Å². The number of likely N-dealkylation sites (tertiary alicyclic amines) is 1. The summed E-state index contributed by atoms with van der Waals surface area (Å²) in [7, 11) is 0. The lowest BCUT2D eigenvalue weighted by molar-refractivity contribution is -0.148. The van der Waals surface area contributed by atoms with Gasteiger partial charge in [-0.25, -0.2) is 5.43 Å². The average Bonchev–Trinajstić information content (AvgIpc) is 2.96. The minimum atomic E-state index is -0.814. The molecule has 4 rings (SSSR count). The van der Waals surface area contributed by atoms with Crippen molar-refractivity contribution in [1.82, 2.24) is 10.3 Å². The molecular weight excluding hydrogens is 658 g/mol. The van der Waals surface area contributed by atoms with Gasteiger partial charge in [-0.2, -0.15) is 5.10 Å². The number of halogens is 2. The molecule has 2 N–H and O–H groups in total. The first kappa shape index (κ1) is 30.3. The molecule has 1 fully saturated rings. The van der Waals surface area contributed by atoms with E-state index >= 15 is 0 Å². The second kappa shape index (κ2) is 14.3. The summed E-state index contributed by atoms with van der Waals surface area (Å²) >= 11 is 6.96. The summed E-state index contributed by atoms with van der Waals surface area (Å²) in [5, 5.41) is 13.4. The molecule has 0 saturated carbocycles. The van der Waals surface area contributed by atoms with Crippen LogP contribution in [0.25, 0.3) is 0 Å². The summed E-state index contributed by atoms with van der Waals surface area (Å²) in [5.74, 6) is -0.175. The maximum Gasteiger partial charge on any atom is 0.306 e. The Hall–Kier alpha value is -3.70. The Morgan fingerprint density at radius 1 is 1.05 bits per heavy atom. The van der Waals surface area contributed by atoms with Crippen molar-refractivity contribution in [3.63, 3.8) is 0 Å². The van der Waals surface area contributed by atoms with Crippen LogP contribution in [0.3, 0.4) is 0 Å². The molecule has 0 spiro atoms. The van der Waals surface area contributed by atoms with Gasteiger partial charge in [-0.05, 0) is 99.2 Å². The van der Waals surface area contributed by atoms with Gasteiger partial charge in [0, 0.05) is 18.2 Å². The minimum absolute atomic E-state index is 0.125. The van der Waals surface area contributed by atoms with Crippen molar-refractivity contribution in [2.24, 2.45) is 11.0 Å². The van der Waals surface area contributed by atoms with Gasteiger partial charge in [0.1, 0.15) is 17.2 Å². The van der Waals surface area contributed by atoms with E-state index in [2.05, 4.69) is 42.4 Å². The molecule has 214 valence electrons. The van der Waals surface area contributed by atoms with Crippen LogP contribution in [-0.2, 0) is 9.59 Å². The Morgan fingerprint density at radius 2 is 1.76 bits per heavy atom. The number of hydrazone groups is 1. The smallest absolute Gasteiger partial charge is 0.306 e. The topological polar surface area (TPSA) is 118 Å². The molecule has 41 heavy (non-hydrogen) atoms. The number of para-hydroxylation sites is 1. The Labute approximate surface area is 254 Å². The lowest BCUT2D eigenvalue weighted by Gasteiger charge is -2.37. The highest BCUT2D eigenvalue weighted by Gasteiger charge is 2.33. The van der Waals surface area contributed by atoms with Gasteiger partial charge < -0.3 is 19.5 Å². The van der Waals surface area contributed by atoms with E-state index in [4.69, 9.17) is 9.47 Å². The fourth-order valence-corrected chi connectivity index (χ4v) is 6.01. The summed E-state index contributed by atoms with van der Waals surface area (Å²) in [5.41, 5.74) is 3.58. The largest absolute Gasteiger partial charge is 0.481 e. The predicted molar refractivity (Wildman–Crippen MR) is 162 cm³/mol. The number of benzene rings is 3. The average molecular weight is 687 g/mol. The van der Waals surface area contributed by atoms with Crippen LogP contribution in [0.2, 0.25) is 0 Å². The highest BCUT2D eigenvalue weighted by atomic mass is 79.9.